The summed E-state index contributed by atoms with van der Waals surface area (Å²) in [5.41, 5.74) is 5.68. The van der Waals surface area contributed by atoms with E-state index in [0.717, 1.165) is 12.5 Å². The Morgan fingerprint density at radius 2 is 1.94 bits per heavy atom. The normalized spacial score (nSPS) is 29.0. The molecule has 1 heterocycles. The van der Waals surface area contributed by atoms with Gasteiger partial charge in [0, 0.05) is 6.54 Å². The zero-order valence-electron chi connectivity index (χ0n) is 11.2. The van der Waals surface area contributed by atoms with Crippen LogP contribution in [0.5, 0.6) is 0 Å². The molecule has 0 bridgehead atoms. The Bertz CT molecular complexity index is 457. The highest BCUT2D eigenvalue weighted by molar-refractivity contribution is 5.46. The molecule has 1 aromatic rings. The molecule has 1 aliphatic heterocycles. The molecule has 96 valence electrons. The van der Waals surface area contributed by atoms with Gasteiger partial charge >= 0.3 is 0 Å². The Hall–Kier alpha value is -0.820. The second-order valence-corrected chi connectivity index (χ2v) is 6.57. The highest BCUT2D eigenvalue weighted by Gasteiger charge is 2.42. The predicted octanol–water partition coefficient (Wildman–Crippen LogP) is 3.87. The molecule has 4 rings (SSSR count). The highest BCUT2D eigenvalue weighted by atomic mass is 14.9. The summed E-state index contributed by atoms with van der Waals surface area (Å²) in [4.78, 5) is 0. The quantitative estimate of drug-likeness (QED) is 0.727. The fourth-order valence-electron chi connectivity index (χ4n) is 4.80. The van der Waals surface area contributed by atoms with Gasteiger partial charge < -0.3 is 5.32 Å². The van der Waals surface area contributed by atoms with Gasteiger partial charge in [0.15, 0.2) is 0 Å². The van der Waals surface area contributed by atoms with Crippen LogP contribution in [0.4, 0.5) is 0 Å². The minimum atomic E-state index is 0.576. The molecule has 1 atom stereocenters. The van der Waals surface area contributed by atoms with Gasteiger partial charge in [0.25, 0.3) is 0 Å². The van der Waals surface area contributed by atoms with Gasteiger partial charge in [-0.05, 0) is 66.7 Å². The van der Waals surface area contributed by atoms with E-state index < -0.39 is 0 Å². The first kappa shape index (κ1) is 11.0. The monoisotopic (exact) mass is 241 g/mol. The molecule has 1 fully saturated rings. The van der Waals surface area contributed by atoms with E-state index in [1.54, 1.807) is 16.7 Å². The minimum Gasteiger partial charge on any atom is -0.313 e. The maximum absolute atomic E-state index is 3.60. The topological polar surface area (TPSA) is 12.0 Å². The summed E-state index contributed by atoms with van der Waals surface area (Å²) in [7, 11) is 0. The number of benzene rings is 1. The van der Waals surface area contributed by atoms with E-state index in [9.17, 15) is 0 Å². The van der Waals surface area contributed by atoms with Crippen molar-refractivity contribution in [2.75, 3.05) is 6.54 Å². The van der Waals surface area contributed by atoms with E-state index >= 15 is 0 Å². The molecule has 0 saturated heterocycles. The maximum Gasteiger partial charge on any atom is 0.0208 e. The van der Waals surface area contributed by atoms with Crippen LogP contribution in [0.2, 0.25) is 0 Å². The number of hydrogen-bond donors (Lipinski definition) is 1. The zero-order valence-corrected chi connectivity index (χ0v) is 11.2. The largest absolute Gasteiger partial charge is 0.313 e. The van der Waals surface area contributed by atoms with Gasteiger partial charge in [0.2, 0.25) is 0 Å². The van der Waals surface area contributed by atoms with Gasteiger partial charge in [-0.25, -0.2) is 0 Å². The fraction of sp³-hybridized carbons (Fsp3) is 0.647. The van der Waals surface area contributed by atoms with Crippen LogP contribution in [-0.2, 0) is 12.0 Å². The van der Waals surface area contributed by atoms with Crippen molar-refractivity contribution in [2.45, 2.75) is 62.8 Å². The van der Waals surface area contributed by atoms with Gasteiger partial charge in [-0.3, -0.25) is 0 Å². The maximum atomic E-state index is 3.60. The van der Waals surface area contributed by atoms with Crippen LogP contribution in [-0.4, -0.2) is 6.54 Å². The Morgan fingerprint density at radius 1 is 1.06 bits per heavy atom. The van der Waals surface area contributed by atoms with Crippen molar-refractivity contribution in [3.05, 3.63) is 34.9 Å². The van der Waals surface area contributed by atoms with Crippen molar-refractivity contribution in [1.82, 2.24) is 5.32 Å². The Kier molecular flexibility index (Phi) is 2.51. The van der Waals surface area contributed by atoms with Gasteiger partial charge in [-0.2, -0.15) is 0 Å². The molecule has 1 spiro atoms. The first-order chi connectivity index (χ1) is 8.89. The average molecular weight is 241 g/mol. The third kappa shape index (κ3) is 1.50. The third-order valence-electron chi connectivity index (χ3n) is 5.69. The molecule has 1 nitrogen and oxygen atoms in total. The van der Waals surface area contributed by atoms with Crippen LogP contribution >= 0.6 is 0 Å². The average Bonchev–Trinajstić information content (AvgIpc) is 2.77. The summed E-state index contributed by atoms with van der Waals surface area (Å²) >= 11 is 0. The SMILES string of the molecule is c1cc2c3c(c1)C1(CCCC1)CCC3CCNC2. The Morgan fingerprint density at radius 3 is 2.83 bits per heavy atom. The summed E-state index contributed by atoms with van der Waals surface area (Å²) in [6.45, 7) is 2.29. The van der Waals surface area contributed by atoms with E-state index in [1.807, 2.05) is 0 Å². The van der Waals surface area contributed by atoms with Crippen molar-refractivity contribution in [1.29, 1.82) is 0 Å². The summed E-state index contributed by atoms with van der Waals surface area (Å²) in [6.07, 6.45) is 10.0. The summed E-state index contributed by atoms with van der Waals surface area (Å²) in [5.74, 6) is 0.845. The lowest BCUT2D eigenvalue weighted by atomic mass is 9.64. The molecule has 1 N–H and O–H groups in total. The first-order valence-corrected chi connectivity index (χ1v) is 7.72. The predicted molar refractivity (Wildman–Crippen MR) is 74.9 cm³/mol. The number of fused-ring (bicyclic) bond motifs is 1. The lowest BCUT2D eigenvalue weighted by Crippen LogP contribution is -2.30. The van der Waals surface area contributed by atoms with E-state index in [2.05, 4.69) is 23.5 Å². The molecule has 3 aliphatic rings. The van der Waals surface area contributed by atoms with Gasteiger partial charge in [0.1, 0.15) is 0 Å². The lowest BCUT2D eigenvalue weighted by molar-refractivity contribution is 0.337. The summed E-state index contributed by atoms with van der Waals surface area (Å²) in [5, 5.41) is 3.60. The van der Waals surface area contributed by atoms with Crippen molar-refractivity contribution >= 4 is 0 Å². The van der Waals surface area contributed by atoms with Gasteiger partial charge in [-0.15, -0.1) is 0 Å². The van der Waals surface area contributed by atoms with Crippen LogP contribution in [0, 0.1) is 0 Å². The van der Waals surface area contributed by atoms with Crippen molar-refractivity contribution < 1.29 is 0 Å². The van der Waals surface area contributed by atoms with Gasteiger partial charge in [-0.1, -0.05) is 31.0 Å². The molecular formula is C17H23N. The zero-order chi connectivity index (χ0) is 12.0. The molecule has 1 aromatic carbocycles. The van der Waals surface area contributed by atoms with Crippen molar-refractivity contribution in [3.63, 3.8) is 0 Å². The molecule has 18 heavy (non-hydrogen) atoms. The number of nitrogens with one attached hydrogen (secondary N) is 1. The van der Waals surface area contributed by atoms with Crippen molar-refractivity contribution in [3.8, 4) is 0 Å². The van der Waals surface area contributed by atoms with Crippen LogP contribution in [0.25, 0.3) is 0 Å². The minimum absolute atomic E-state index is 0.576. The second-order valence-electron chi connectivity index (χ2n) is 6.57. The molecule has 0 amide bonds. The Balaban J connectivity index is 1.89. The van der Waals surface area contributed by atoms with Gasteiger partial charge in [0.05, 0.1) is 0 Å². The molecule has 1 heteroatoms. The van der Waals surface area contributed by atoms with E-state index in [-0.39, 0.29) is 0 Å². The summed E-state index contributed by atoms with van der Waals surface area (Å²) in [6, 6.07) is 7.13. The molecule has 1 unspecified atom stereocenters. The standard InChI is InChI=1S/C17H23N/c1-2-9-17(8-1)10-6-13-7-11-18-12-14-4-3-5-15(17)16(13)14/h3-5,13,18H,1-2,6-12H2. The molecule has 1 saturated carbocycles. The summed E-state index contributed by atoms with van der Waals surface area (Å²) < 4.78 is 0. The number of rotatable bonds is 0. The second kappa shape index (κ2) is 4.09. The van der Waals surface area contributed by atoms with Crippen LogP contribution in [0.15, 0.2) is 18.2 Å². The lowest BCUT2D eigenvalue weighted by Gasteiger charge is -2.40. The van der Waals surface area contributed by atoms with E-state index in [4.69, 9.17) is 0 Å². The molecule has 0 aromatic heterocycles. The van der Waals surface area contributed by atoms with Crippen LogP contribution in [0.1, 0.15) is 67.6 Å². The molecule has 0 radical (unpaired) electrons. The highest BCUT2D eigenvalue weighted by Crippen LogP contribution is 2.53. The first-order valence-electron chi connectivity index (χ1n) is 7.72. The van der Waals surface area contributed by atoms with E-state index in [0.29, 0.717) is 5.41 Å². The van der Waals surface area contributed by atoms with Crippen LogP contribution < -0.4 is 5.32 Å². The number of hydrogen-bond acceptors (Lipinski definition) is 1. The molecular weight excluding hydrogens is 218 g/mol. The smallest absolute Gasteiger partial charge is 0.0208 e. The third-order valence-corrected chi connectivity index (χ3v) is 5.69. The molecule has 2 aliphatic carbocycles. The van der Waals surface area contributed by atoms with Crippen molar-refractivity contribution in [2.24, 2.45) is 0 Å². The Labute approximate surface area is 110 Å². The fourth-order valence-corrected chi connectivity index (χ4v) is 4.80. The van der Waals surface area contributed by atoms with E-state index in [1.165, 1.54) is 51.5 Å². The van der Waals surface area contributed by atoms with Crippen LogP contribution in [0.3, 0.4) is 0 Å².